The van der Waals surface area contributed by atoms with E-state index in [0.29, 0.717) is 28.3 Å². The van der Waals surface area contributed by atoms with E-state index >= 15 is 0 Å². The van der Waals surface area contributed by atoms with Gasteiger partial charge in [0.25, 0.3) is 0 Å². The Balaban J connectivity index is 2.59. The molecule has 0 amide bonds. The number of fused-ring (bicyclic) bond motifs is 1. The summed E-state index contributed by atoms with van der Waals surface area (Å²) in [5.74, 6) is 0.676. The summed E-state index contributed by atoms with van der Waals surface area (Å²) in [5.41, 5.74) is 0.995. The molecule has 0 fully saturated rings. The number of hydrogen-bond donors (Lipinski definition) is 0. The number of benzene rings is 1. The van der Waals surface area contributed by atoms with Crippen LogP contribution in [0.3, 0.4) is 0 Å². The lowest BCUT2D eigenvalue weighted by Gasteiger charge is -2.11. The van der Waals surface area contributed by atoms with E-state index in [1.165, 1.54) is 0 Å². The molecule has 0 aliphatic rings. The van der Waals surface area contributed by atoms with Gasteiger partial charge in [0.15, 0.2) is 0 Å². The van der Waals surface area contributed by atoms with Crippen LogP contribution in [0.5, 0.6) is 0 Å². The van der Waals surface area contributed by atoms with Crippen LogP contribution in [0.15, 0.2) is 21.3 Å². The van der Waals surface area contributed by atoms with E-state index in [1.54, 1.807) is 12.1 Å². The van der Waals surface area contributed by atoms with Gasteiger partial charge in [-0.2, -0.15) is 0 Å². The normalized spacial score (nSPS) is 13.2. The minimum absolute atomic E-state index is 0.276. The van der Waals surface area contributed by atoms with Crippen LogP contribution in [-0.2, 0) is 0 Å². The Kier molecular flexibility index (Phi) is 4.16. The minimum Gasteiger partial charge on any atom is -0.406 e. The highest BCUT2D eigenvalue weighted by Gasteiger charge is 2.17. The van der Waals surface area contributed by atoms with E-state index in [4.69, 9.17) is 27.6 Å². The van der Waals surface area contributed by atoms with E-state index in [2.05, 4.69) is 18.8 Å². The topological polar surface area (TPSA) is 43.1 Å². The standard InChI is InChI=1S/C14H15Cl2NO2/c1-7(2)4-11(16)13-17-12-8(3)5-9(15)6-10(12)14(18)19-13/h5-7,11H,4H2,1-3H3/t11-/m0/s1. The molecule has 19 heavy (non-hydrogen) atoms. The molecule has 0 spiro atoms. The molecule has 1 aromatic heterocycles. The SMILES string of the molecule is Cc1cc(Cl)cc2c(=O)oc([C@@H](Cl)CC(C)C)nc12. The smallest absolute Gasteiger partial charge is 0.346 e. The maximum Gasteiger partial charge on any atom is 0.346 e. The van der Waals surface area contributed by atoms with Crippen molar-refractivity contribution < 1.29 is 4.42 Å². The van der Waals surface area contributed by atoms with Gasteiger partial charge in [-0.05, 0) is 37.0 Å². The molecule has 0 N–H and O–H groups in total. The second-order valence-corrected chi connectivity index (χ2v) is 6.02. The van der Waals surface area contributed by atoms with Crippen LogP contribution in [0.25, 0.3) is 10.9 Å². The molecule has 0 aliphatic heterocycles. The molecule has 0 bridgehead atoms. The van der Waals surface area contributed by atoms with Gasteiger partial charge in [0.1, 0.15) is 5.38 Å². The highest BCUT2D eigenvalue weighted by Crippen LogP contribution is 2.28. The number of nitrogens with zero attached hydrogens (tertiary/aromatic N) is 1. The Hall–Kier alpha value is -1.06. The number of hydrogen-bond acceptors (Lipinski definition) is 3. The second kappa shape index (κ2) is 5.51. The number of alkyl halides is 1. The summed E-state index contributed by atoms with van der Waals surface area (Å²) < 4.78 is 5.21. The first-order valence-corrected chi connectivity index (χ1v) is 6.95. The van der Waals surface area contributed by atoms with Crippen LogP contribution in [0.1, 0.15) is 37.1 Å². The molecule has 5 heteroatoms. The summed E-state index contributed by atoms with van der Waals surface area (Å²) in [6, 6.07) is 3.34. The molecule has 2 rings (SSSR count). The maximum atomic E-state index is 12.0. The molecule has 2 aromatic rings. The number of aromatic nitrogens is 1. The third-order valence-electron chi connectivity index (χ3n) is 2.85. The van der Waals surface area contributed by atoms with E-state index in [-0.39, 0.29) is 5.89 Å². The van der Waals surface area contributed by atoms with Crippen molar-refractivity contribution in [2.75, 3.05) is 0 Å². The van der Waals surface area contributed by atoms with Gasteiger partial charge < -0.3 is 4.42 Å². The molecule has 0 aliphatic carbocycles. The zero-order valence-corrected chi connectivity index (χ0v) is 12.5. The quantitative estimate of drug-likeness (QED) is 0.785. The summed E-state index contributed by atoms with van der Waals surface area (Å²) in [6.45, 7) is 5.97. The van der Waals surface area contributed by atoms with E-state index in [9.17, 15) is 4.79 Å². The summed E-state index contributed by atoms with van der Waals surface area (Å²) in [6.07, 6.45) is 0.704. The van der Waals surface area contributed by atoms with Crippen molar-refractivity contribution in [3.05, 3.63) is 39.0 Å². The van der Waals surface area contributed by atoms with Gasteiger partial charge in [0.2, 0.25) is 5.89 Å². The Labute approximate surface area is 121 Å². The zero-order valence-electron chi connectivity index (χ0n) is 11.0. The minimum atomic E-state index is -0.444. The molecule has 1 aromatic carbocycles. The van der Waals surface area contributed by atoms with Crippen molar-refractivity contribution in [3.63, 3.8) is 0 Å². The fourth-order valence-electron chi connectivity index (χ4n) is 1.97. The monoisotopic (exact) mass is 299 g/mol. The molecule has 1 heterocycles. The number of rotatable bonds is 3. The lowest BCUT2D eigenvalue weighted by Crippen LogP contribution is -2.08. The molecule has 102 valence electrons. The van der Waals surface area contributed by atoms with Crippen molar-refractivity contribution >= 4 is 34.1 Å². The van der Waals surface area contributed by atoms with Crippen molar-refractivity contribution in [2.24, 2.45) is 5.92 Å². The Morgan fingerprint density at radius 1 is 1.37 bits per heavy atom. The first kappa shape index (κ1) is 14.4. The van der Waals surface area contributed by atoms with Crippen molar-refractivity contribution in [2.45, 2.75) is 32.6 Å². The molecule has 0 unspecified atom stereocenters. The zero-order chi connectivity index (χ0) is 14.2. The summed E-state index contributed by atoms with van der Waals surface area (Å²) in [4.78, 5) is 16.3. The van der Waals surface area contributed by atoms with Crippen LogP contribution in [-0.4, -0.2) is 4.98 Å². The van der Waals surface area contributed by atoms with Gasteiger partial charge in [-0.1, -0.05) is 25.4 Å². The van der Waals surface area contributed by atoms with Gasteiger partial charge in [-0.3, -0.25) is 0 Å². The van der Waals surface area contributed by atoms with Crippen LogP contribution < -0.4 is 5.63 Å². The third kappa shape index (κ3) is 3.10. The van der Waals surface area contributed by atoms with E-state index < -0.39 is 11.0 Å². The predicted octanol–water partition coefficient (Wildman–Crippen LogP) is 4.48. The van der Waals surface area contributed by atoms with Crippen molar-refractivity contribution in [1.82, 2.24) is 4.98 Å². The largest absolute Gasteiger partial charge is 0.406 e. The van der Waals surface area contributed by atoms with E-state index in [1.807, 2.05) is 6.92 Å². The average Bonchev–Trinajstić information content (AvgIpc) is 2.29. The molecular formula is C14H15Cl2NO2. The van der Waals surface area contributed by atoms with E-state index in [0.717, 1.165) is 5.56 Å². The van der Waals surface area contributed by atoms with Crippen molar-refractivity contribution in [3.8, 4) is 0 Å². The van der Waals surface area contributed by atoms with Crippen LogP contribution in [0, 0.1) is 12.8 Å². The highest BCUT2D eigenvalue weighted by atomic mass is 35.5. The number of aryl methyl sites for hydroxylation is 1. The molecule has 0 radical (unpaired) electrons. The average molecular weight is 300 g/mol. The van der Waals surface area contributed by atoms with Gasteiger partial charge in [-0.25, -0.2) is 9.78 Å². The fraction of sp³-hybridized carbons (Fsp3) is 0.429. The fourth-order valence-corrected chi connectivity index (χ4v) is 2.69. The lowest BCUT2D eigenvalue weighted by atomic mass is 10.1. The van der Waals surface area contributed by atoms with Gasteiger partial charge in [0, 0.05) is 5.02 Å². The van der Waals surface area contributed by atoms with Crippen LogP contribution in [0.2, 0.25) is 5.02 Å². The molecule has 0 saturated carbocycles. The predicted molar refractivity (Wildman–Crippen MR) is 78.1 cm³/mol. The van der Waals surface area contributed by atoms with Gasteiger partial charge in [0.05, 0.1) is 10.9 Å². The maximum absolute atomic E-state index is 12.0. The Morgan fingerprint density at radius 2 is 2.05 bits per heavy atom. The Bertz CT molecular complexity index is 664. The first-order valence-electron chi connectivity index (χ1n) is 6.13. The third-order valence-corrected chi connectivity index (χ3v) is 3.43. The second-order valence-electron chi connectivity index (χ2n) is 5.06. The van der Waals surface area contributed by atoms with Crippen LogP contribution in [0.4, 0.5) is 0 Å². The molecule has 3 nitrogen and oxygen atoms in total. The summed E-state index contributed by atoms with van der Waals surface area (Å²) in [5, 5.41) is 0.491. The van der Waals surface area contributed by atoms with Crippen molar-refractivity contribution in [1.29, 1.82) is 0 Å². The van der Waals surface area contributed by atoms with Gasteiger partial charge >= 0.3 is 5.63 Å². The lowest BCUT2D eigenvalue weighted by molar-refractivity contribution is 0.415. The Morgan fingerprint density at radius 3 is 2.68 bits per heavy atom. The highest BCUT2D eigenvalue weighted by molar-refractivity contribution is 6.31. The summed E-state index contributed by atoms with van der Waals surface area (Å²) >= 11 is 12.2. The number of halogens is 2. The van der Waals surface area contributed by atoms with Crippen LogP contribution >= 0.6 is 23.2 Å². The first-order chi connectivity index (χ1) is 8.88. The van der Waals surface area contributed by atoms with Gasteiger partial charge in [-0.15, -0.1) is 11.6 Å². The molecule has 0 saturated heterocycles. The molecular weight excluding hydrogens is 285 g/mol. The summed E-state index contributed by atoms with van der Waals surface area (Å²) in [7, 11) is 0. The molecule has 1 atom stereocenters.